The SMILES string of the molecule is COc1ccc(C)cc1CCNC(=O)c1cc(Cl)cn1C. The Labute approximate surface area is 129 Å². The molecule has 1 N–H and O–H groups in total. The lowest BCUT2D eigenvalue weighted by atomic mass is 10.1. The molecular formula is C16H19ClN2O2. The Bertz CT molecular complexity index is 650. The van der Waals surface area contributed by atoms with E-state index in [1.54, 1.807) is 31.0 Å². The van der Waals surface area contributed by atoms with Gasteiger partial charge in [-0.1, -0.05) is 29.3 Å². The van der Waals surface area contributed by atoms with Gasteiger partial charge in [0.2, 0.25) is 0 Å². The van der Waals surface area contributed by atoms with Crippen LogP contribution in [0.15, 0.2) is 30.5 Å². The Balaban J connectivity index is 1.97. The summed E-state index contributed by atoms with van der Waals surface area (Å²) in [6.45, 7) is 2.58. The third kappa shape index (κ3) is 3.79. The van der Waals surface area contributed by atoms with E-state index < -0.39 is 0 Å². The van der Waals surface area contributed by atoms with E-state index in [1.807, 2.05) is 19.1 Å². The average Bonchev–Trinajstić information content (AvgIpc) is 2.78. The van der Waals surface area contributed by atoms with Crippen LogP contribution in [-0.2, 0) is 13.5 Å². The molecule has 112 valence electrons. The summed E-state index contributed by atoms with van der Waals surface area (Å²) in [5.41, 5.74) is 2.81. The summed E-state index contributed by atoms with van der Waals surface area (Å²) in [4.78, 5) is 12.1. The van der Waals surface area contributed by atoms with E-state index in [0.717, 1.165) is 17.7 Å². The van der Waals surface area contributed by atoms with E-state index in [9.17, 15) is 4.79 Å². The lowest BCUT2D eigenvalue weighted by Crippen LogP contribution is -2.27. The molecule has 0 saturated heterocycles. The number of aryl methyl sites for hydroxylation is 2. The maximum Gasteiger partial charge on any atom is 0.267 e. The molecule has 5 heteroatoms. The van der Waals surface area contributed by atoms with Crippen molar-refractivity contribution in [3.05, 3.63) is 52.3 Å². The predicted octanol–water partition coefficient (Wildman–Crippen LogP) is 2.97. The molecule has 4 nitrogen and oxygen atoms in total. The number of amides is 1. The summed E-state index contributed by atoms with van der Waals surface area (Å²) in [7, 11) is 3.45. The van der Waals surface area contributed by atoms with Gasteiger partial charge >= 0.3 is 0 Å². The minimum absolute atomic E-state index is 0.129. The minimum Gasteiger partial charge on any atom is -0.496 e. The van der Waals surface area contributed by atoms with Crippen molar-refractivity contribution in [3.8, 4) is 5.75 Å². The molecule has 1 aromatic carbocycles. The van der Waals surface area contributed by atoms with Crippen LogP contribution in [0.1, 0.15) is 21.6 Å². The van der Waals surface area contributed by atoms with Crippen LogP contribution in [0, 0.1) is 6.92 Å². The van der Waals surface area contributed by atoms with Gasteiger partial charge in [-0.05, 0) is 31.0 Å². The molecule has 2 rings (SSSR count). The second kappa shape index (κ2) is 6.68. The van der Waals surface area contributed by atoms with Gasteiger partial charge in [-0.3, -0.25) is 4.79 Å². The van der Waals surface area contributed by atoms with Crippen molar-refractivity contribution in [2.24, 2.45) is 7.05 Å². The molecule has 0 bridgehead atoms. The molecule has 0 atom stereocenters. The summed E-state index contributed by atoms with van der Waals surface area (Å²) < 4.78 is 7.04. The second-order valence-corrected chi connectivity index (χ2v) is 5.41. The van der Waals surface area contributed by atoms with Gasteiger partial charge in [0.15, 0.2) is 0 Å². The summed E-state index contributed by atoms with van der Waals surface area (Å²) in [5.74, 6) is 0.716. The second-order valence-electron chi connectivity index (χ2n) is 4.98. The standard InChI is InChI=1S/C16H19ClN2O2/c1-11-4-5-15(21-3)12(8-11)6-7-18-16(20)14-9-13(17)10-19(14)2/h4-5,8-10H,6-7H2,1-3H3,(H,18,20). The van der Waals surface area contributed by atoms with E-state index in [4.69, 9.17) is 16.3 Å². The van der Waals surface area contributed by atoms with Crippen molar-refractivity contribution >= 4 is 17.5 Å². The van der Waals surface area contributed by atoms with Crippen molar-refractivity contribution in [3.63, 3.8) is 0 Å². The first-order chi connectivity index (χ1) is 10.0. The number of aromatic nitrogens is 1. The van der Waals surface area contributed by atoms with E-state index in [-0.39, 0.29) is 5.91 Å². The predicted molar refractivity (Wildman–Crippen MR) is 84.2 cm³/mol. The van der Waals surface area contributed by atoms with Crippen LogP contribution in [-0.4, -0.2) is 24.1 Å². The highest BCUT2D eigenvalue weighted by molar-refractivity contribution is 6.31. The number of rotatable bonds is 5. The molecular weight excluding hydrogens is 288 g/mol. The third-order valence-electron chi connectivity index (χ3n) is 3.32. The lowest BCUT2D eigenvalue weighted by molar-refractivity contribution is 0.0946. The zero-order valence-corrected chi connectivity index (χ0v) is 13.2. The first-order valence-electron chi connectivity index (χ1n) is 6.75. The molecule has 0 radical (unpaired) electrons. The number of nitrogens with zero attached hydrogens (tertiary/aromatic N) is 1. The number of methoxy groups -OCH3 is 1. The van der Waals surface area contributed by atoms with Crippen LogP contribution in [0.4, 0.5) is 0 Å². The maximum atomic E-state index is 12.1. The summed E-state index contributed by atoms with van der Waals surface area (Å²) >= 11 is 5.88. The molecule has 0 aliphatic rings. The van der Waals surface area contributed by atoms with E-state index in [2.05, 4.69) is 11.4 Å². The van der Waals surface area contributed by atoms with E-state index in [1.165, 1.54) is 5.56 Å². The molecule has 0 unspecified atom stereocenters. The van der Waals surface area contributed by atoms with E-state index >= 15 is 0 Å². The van der Waals surface area contributed by atoms with Crippen molar-refractivity contribution in [1.82, 2.24) is 9.88 Å². The van der Waals surface area contributed by atoms with Gasteiger partial charge in [0, 0.05) is 19.8 Å². The molecule has 1 heterocycles. The van der Waals surface area contributed by atoms with Crippen LogP contribution < -0.4 is 10.1 Å². The third-order valence-corrected chi connectivity index (χ3v) is 3.53. The number of hydrogen-bond donors (Lipinski definition) is 1. The highest BCUT2D eigenvalue weighted by Gasteiger charge is 2.11. The van der Waals surface area contributed by atoms with Crippen molar-refractivity contribution in [1.29, 1.82) is 0 Å². The maximum absolute atomic E-state index is 12.1. The molecule has 0 aliphatic heterocycles. The number of halogens is 1. The number of ether oxygens (including phenoxy) is 1. The topological polar surface area (TPSA) is 43.3 Å². The van der Waals surface area contributed by atoms with Gasteiger partial charge in [0.1, 0.15) is 11.4 Å². The number of hydrogen-bond acceptors (Lipinski definition) is 2. The Hall–Kier alpha value is -1.94. The van der Waals surface area contributed by atoms with Gasteiger partial charge in [-0.2, -0.15) is 0 Å². The summed E-state index contributed by atoms with van der Waals surface area (Å²) in [6, 6.07) is 7.69. The average molecular weight is 307 g/mol. The first kappa shape index (κ1) is 15.4. The molecule has 1 amide bonds. The van der Waals surface area contributed by atoms with Gasteiger partial charge in [0.25, 0.3) is 5.91 Å². The molecule has 0 saturated carbocycles. The Kier molecular flexibility index (Phi) is 4.91. The highest BCUT2D eigenvalue weighted by Crippen LogP contribution is 2.20. The quantitative estimate of drug-likeness (QED) is 0.923. The normalized spacial score (nSPS) is 10.5. The minimum atomic E-state index is -0.129. The van der Waals surface area contributed by atoms with Crippen molar-refractivity contribution < 1.29 is 9.53 Å². The zero-order valence-electron chi connectivity index (χ0n) is 12.4. The Morgan fingerprint density at radius 2 is 2.14 bits per heavy atom. The number of nitrogens with one attached hydrogen (secondary N) is 1. The van der Waals surface area contributed by atoms with E-state index in [0.29, 0.717) is 17.3 Å². The fourth-order valence-electron chi connectivity index (χ4n) is 2.25. The fraction of sp³-hybridized carbons (Fsp3) is 0.312. The monoisotopic (exact) mass is 306 g/mol. The smallest absolute Gasteiger partial charge is 0.267 e. The summed E-state index contributed by atoms with van der Waals surface area (Å²) in [5, 5.41) is 3.46. The van der Waals surface area contributed by atoms with Gasteiger partial charge in [-0.15, -0.1) is 0 Å². The number of carbonyl (C=O) groups excluding carboxylic acids is 1. The molecule has 1 aromatic heterocycles. The molecule has 0 spiro atoms. The molecule has 0 fully saturated rings. The highest BCUT2D eigenvalue weighted by atomic mass is 35.5. The van der Waals surface area contributed by atoms with Crippen LogP contribution in [0.2, 0.25) is 5.02 Å². The van der Waals surface area contributed by atoms with Crippen LogP contribution in [0.3, 0.4) is 0 Å². The lowest BCUT2D eigenvalue weighted by Gasteiger charge is -2.10. The number of carbonyl (C=O) groups is 1. The Morgan fingerprint density at radius 3 is 2.76 bits per heavy atom. The van der Waals surface area contributed by atoms with Crippen molar-refractivity contribution in [2.45, 2.75) is 13.3 Å². The van der Waals surface area contributed by atoms with Crippen molar-refractivity contribution in [2.75, 3.05) is 13.7 Å². The van der Waals surface area contributed by atoms with Gasteiger partial charge in [-0.25, -0.2) is 0 Å². The van der Waals surface area contributed by atoms with Crippen LogP contribution in [0.25, 0.3) is 0 Å². The van der Waals surface area contributed by atoms with Crippen LogP contribution in [0.5, 0.6) is 5.75 Å². The molecule has 0 aliphatic carbocycles. The fourth-order valence-corrected chi connectivity index (χ4v) is 2.50. The Morgan fingerprint density at radius 1 is 1.38 bits per heavy atom. The molecule has 2 aromatic rings. The molecule has 21 heavy (non-hydrogen) atoms. The number of benzene rings is 1. The zero-order chi connectivity index (χ0) is 15.4. The summed E-state index contributed by atoms with van der Waals surface area (Å²) in [6.07, 6.45) is 2.43. The largest absolute Gasteiger partial charge is 0.496 e. The van der Waals surface area contributed by atoms with Gasteiger partial charge in [0.05, 0.1) is 12.1 Å². The van der Waals surface area contributed by atoms with Crippen LogP contribution >= 0.6 is 11.6 Å². The van der Waals surface area contributed by atoms with Gasteiger partial charge < -0.3 is 14.6 Å². The first-order valence-corrected chi connectivity index (χ1v) is 7.12.